The minimum atomic E-state index is -1.27. The number of nitrogens with zero attached hydrogens (tertiary/aromatic N) is 1. The summed E-state index contributed by atoms with van der Waals surface area (Å²) in [4.78, 5) is 36.8. The fraction of sp³-hybridized carbons (Fsp3) is 0.444. The van der Waals surface area contributed by atoms with Gasteiger partial charge < -0.3 is 9.47 Å². The lowest BCUT2D eigenvalue weighted by Gasteiger charge is -2.48. The Labute approximate surface area is 145 Å². The Morgan fingerprint density at radius 3 is 2.84 bits per heavy atom. The maximum atomic E-state index is 12.2. The molecule has 7 heteroatoms. The van der Waals surface area contributed by atoms with Gasteiger partial charge in [0.1, 0.15) is 11.8 Å². The van der Waals surface area contributed by atoms with Crippen molar-refractivity contribution < 1.29 is 28.8 Å². The maximum Gasteiger partial charge on any atom is 0.359 e. The van der Waals surface area contributed by atoms with Crippen molar-refractivity contribution in [1.29, 1.82) is 0 Å². The molecule has 0 aliphatic carbocycles. The predicted molar refractivity (Wildman–Crippen MR) is 84.7 cm³/mol. The lowest BCUT2D eigenvalue weighted by molar-refractivity contribution is -0.418. The predicted octanol–water partition coefficient (Wildman–Crippen LogP) is 1.56. The summed E-state index contributed by atoms with van der Waals surface area (Å²) in [5.74, 6) is -0.586. The van der Waals surface area contributed by atoms with Crippen LogP contribution in [0.15, 0.2) is 36.1 Å². The van der Waals surface area contributed by atoms with E-state index in [4.69, 9.17) is 19.2 Å². The minimum absolute atomic E-state index is 0.344. The van der Waals surface area contributed by atoms with E-state index in [9.17, 15) is 9.59 Å². The smallest absolute Gasteiger partial charge is 0.359 e. The van der Waals surface area contributed by atoms with Gasteiger partial charge in [-0.3, -0.25) is 9.79 Å². The lowest BCUT2D eigenvalue weighted by atomic mass is 9.89. The normalized spacial score (nSPS) is 32.0. The number of methoxy groups -OCH3 is 1. The monoisotopic (exact) mass is 345 g/mol. The van der Waals surface area contributed by atoms with E-state index in [1.807, 2.05) is 36.1 Å². The number of hydrogen-bond donors (Lipinski definition) is 0. The molecule has 0 bridgehead atoms. The molecule has 0 aromatic heterocycles. The lowest BCUT2D eigenvalue weighted by Crippen LogP contribution is -2.63. The van der Waals surface area contributed by atoms with E-state index < -0.39 is 29.8 Å². The highest BCUT2D eigenvalue weighted by Gasteiger charge is 2.62. The van der Waals surface area contributed by atoms with E-state index in [0.717, 1.165) is 17.5 Å². The van der Waals surface area contributed by atoms with E-state index in [1.165, 1.54) is 13.2 Å². The molecule has 2 fully saturated rings. The average molecular weight is 345 g/mol. The van der Waals surface area contributed by atoms with Crippen LogP contribution < -0.4 is 0 Å². The number of esters is 1. The van der Waals surface area contributed by atoms with Gasteiger partial charge in [-0.25, -0.2) is 9.59 Å². The van der Waals surface area contributed by atoms with Crippen LogP contribution in [0, 0.1) is 6.92 Å². The summed E-state index contributed by atoms with van der Waals surface area (Å²) in [6, 6.07) is 7.18. The Morgan fingerprint density at radius 2 is 2.08 bits per heavy atom. The molecule has 0 radical (unpaired) electrons. The molecule has 3 aliphatic heterocycles. The molecule has 132 valence electrons. The van der Waals surface area contributed by atoms with Gasteiger partial charge in [0, 0.05) is 12.1 Å². The van der Waals surface area contributed by atoms with Crippen molar-refractivity contribution in [1.82, 2.24) is 4.90 Å². The van der Waals surface area contributed by atoms with Crippen molar-refractivity contribution in [2.24, 2.45) is 0 Å². The summed E-state index contributed by atoms with van der Waals surface area (Å²) in [6.45, 7) is 2.56. The Morgan fingerprint density at radius 1 is 1.28 bits per heavy atom. The van der Waals surface area contributed by atoms with Crippen molar-refractivity contribution in [3.63, 3.8) is 0 Å². The zero-order chi connectivity index (χ0) is 17.6. The molecule has 0 saturated carbocycles. The molecular formula is C18H19NO6. The number of aryl methyl sites for hydroxylation is 1. The van der Waals surface area contributed by atoms with E-state index in [2.05, 4.69) is 0 Å². The van der Waals surface area contributed by atoms with Gasteiger partial charge in [0.15, 0.2) is 0 Å². The molecule has 1 aromatic rings. The van der Waals surface area contributed by atoms with Crippen LogP contribution in [-0.2, 0) is 34.6 Å². The first-order valence-corrected chi connectivity index (χ1v) is 8.26. The van der Waals surface area contributed by atoms with Crippen LogP contribution in [0.5, 0.6) is 0 Å². The fourth-order valence-corrected chi connectivity index (χ4v) is 3.97. The van der Waals surface area contributed by atoms with Crippen LogP contribution >= 0.6 is 0 Å². The Bertz CT molecular complexity index is 760. The number of carbonyl (C=O) groups is 2. The molecule has 3 aliphatic rings. The molecule has 25 heavy (non-hydrogen) atoms. The number of rotatable bonds is 3. The third-order valence-electron chi connectivity index (χ3n) is 5.08. The largest absolute Gasteiger partial charge is 0.497 e. The molecular weight excluding hydrogens is 326 g/mol. The zero-order valence-corrected chi connectivity index (χ0v) is 14.1. The maximum absolute atomic E-state index is 12.2. The Hall–Kier alpha value is -2.38. The van der Waals surface area contributed by atoms with E-state index >= 15 is 0 Å². The molecule has 0 amide bonds. The topological polar surface area (TPSA) is 74.3 Å². The Balaban J connectivity index is 1.91. The van der Waals surface area contributed by atoms with Crippen molar-refractivity contribution >= 4 is 11.9 Å². The molecule has 0 spiro atoms. The first-order chi connectivity index (χ1) is 12.1. The van der Waals surface area contributed by atoms with Gasteiger partial charge in [0.05, 0.1) is 13.2 Å². The minimum Gasteiger partial charge on any atom is -0.497 e. The summed E-state index contributed by atoms with van der Waals surface area (Å²) in [6.07, 6.45) is 1.93. The standard InChI is InChI=1S/C18H19NO6/c1-11-6-3-4-7-12(11)18(16-14(22-2)10-15(20)23-16)19-9-5-8-13(19)17(21)24-25-18/h3-4,6-7,10,13,16H,5,8-9H2,1-2H3/t13-,16?,18?/m0/s1. The third kappa shape index (κ3) is 2.26. The number of carbonyl (C=O) groups excluding carboxylic acids is 2. The van der Waals surface area contributed by atoms with Crippen LogP contribution in [0.4, 0.5) is 0 Å². The van der Waals surface area contributed by atoms with Crippen LogP contribution in [-0.4, -0.2) is 42.6 Å². The molecule has 3 atom stereocenters. The SMILES string of the molecule is COC1=CC(=O)OC1C1(c2ccccc2C)OOC(=O)[C@@H]2CCCN21. The molecule has 2 unspecified atom stereocenters. The van der Waals surface area contributed by atoms with Crippen LogP contribution in [0.25, 0.3) is 0 Å². The van der Waals surface area contributed by atoms with Gasteiger partial charge in [-0.1, -0.05) is 24.3 Å². The summed E-state index contributed by atoms with van der Waals surface area (Å²) in [5, 5.41) is 0. The van der Waals surface area contributed by atoms with Crippen molar-refractivity contribution in [3.05, 3.63) is 47.2 Å². The van der Waals surface area contributed by atoms with Gasteiger partial charge in [-0.2, -0.15) is 4.89 Å². The van der Waals surface area contributed by atoms with E-state index in [1.54, 1.807) is 0 Å². The molecule has 4 rings (SSSR count). The molecule has 7 nitrogen and oxygen atoms in total. The summed E-state index contributed by atoms with van der Waals surface area (Å²) in [7, 11) is 1.47. The number of cyclic esters (lactones) is 1. The first-order valence-electron chi connectivity index (χ1n) is 8.26. The second-order valence-electron chi connectivity index (χ2n) is 6.42. The van der Waals surface area contributed by atoms with Crippen LogP contribution in [0.1, 0.15) is 24.0 Å². The highest BCUT2D eigenvalue weighted by Crippen LogP contribution is 2.47. The molecule has 2 saturated heterocycles. The highest BCUT2D eigenvalue weighted by atomic mass is 17.2. The third-order valence-corrected chi connectivity index (χ3v) is 5.08. The molecule has 0 N–H and O–H groups in total. The zero-order valence-electron chi connectivity index (χ0n) is 14.1. The number of ether oxygens (including phenoxy) is 2. The second kappa shape index (κ2) is 5.86. The van der Waals surface area contributed by atoms with E-state index in [-0.39, 0.29) is 0 Å². The van der Waals surface area contributed by atoms with Gasteiger partial charge in [0.25, 0.3) is 0 Å². The molecule has 1 aromatic carbocycles. The number of benzene rings is 1. The number of fused-ring (bicyclic) bond motifs is 1. The van der Waals surface area contributed by atoms with Crippen molar-refractivity contribution in [2.75, 3.05) is 13.7 Å². The summed E-state index contributed by atoms with van der Waals surface area (Å²) in [5.41, 5.74) is 0.440. The van der Waals surface area contributed by atoms with Gasteiger partial charge in [0.2, 0.25) is 11.8 Å². The average Bonchev–Trinajstić information content (AvgIpc) is 3.24. The fourth-order valence-electron chi connectivity index (χ4n) is 3.97. The van der Waals surface area contributed by atoms with E-state index in [0.29, 0.717) is 18.7 Å². The first kappa shape index (κ1) is 16.1. The molecule has 3 heterocycles. The van der Waals surface area contributed by atoms with Gasteiger partial charge >= 0.3 is 11.9 Å². The highest BCUT2D eigenvalue weighted by molar-refractivity contribution is 5.85. The van der Waals surface area contributed by atoms with Crippen molar-refractivity contribution in [3.8, 4) is 0 Å². The summed E-state index contributed by atoms with van der Waals surface area (Å²) < 4.78 is 10.9. The van der Waals surface area contributed by atoms with Crippen molar-refractivity contribution in [2.45, 2.75) is 37.6 Å². The van der Waals surface area contributed by atoms with Gasteiger partial charge in [-0.05, 0) is 25.3 Å². The van der Waals surface area contributed by atoms with Crippen LogP contribution in [0.2, 0.25) is 0 Å². The summed E-state index contributed by atoms with van der Waals surface area (Å²) >= 11 is 0. The quantitative estimate of drug-likeness (QED) is 0.608. The van der Waals surface area contributed by atoms with Crippen LogP contribution in [0.3, 0.4) is 0 Å². The number of hydrogen-bond acceptors (Lipinski definition) is 7. The van der Waals surface area contributed by atoms with Gasteiger partial charge in [-0.15, -0.1) is 0 Å². The Kier molecular flexibility index (Phi) is 3.77. The second-order valence-corrected chi connectivity index (χ2v) is 6.42.